The van der Waals surface area contributed by atoms with E-state index in [2.05, 4.69) is 0 Å². The highest BCUT2D eigenvalue weighted by atomic mass is 32.1. The summed E-state index contributed by atoms with van der Waals surface area (Å²) in [5.74, 6) is 0. The van der Waals surface area contributed by atoms with E-state index in [1.165, 1.54) is 11.3 Å². The molecule has 3 nitrogen and oxygen atoms in total. The Bertz CT molecular complexity index is 499. The first-order valence-corrected chi connectivity index (χ1v) is 5.03. The summed E-state index contributed by atoms with van der Waals surface area (Å²) in [6.07, 6.45) is 0. The van der Waals surface area contributed by atoms with E-state index in [4.69, 9.17) is 5.41 Å². The molecule has 0 aliphatic carbocycles. The van der Waals surface area contributed by atoms with E-state index in [0.29, 0.717) is 5.69 Å². The molecule has 1 aromatic heterocycles. The first kappa shape index (κ1) is 9.02. The zero-order valence-electron chi connectivity index (χ0n) is 7.69. The third-order valence-corrected chi connectivity index (χ3v) is 2.90. The van der Waals surface area contributed by atoms with E-state index in [0.717, 1.165) is 15.2 Å². The van der Waals surface area contributed by atoms with Crippen LogP contribution >= 0.6 is 11.3 Å². The van der Waals surface area contributed by atoms with Crippen molar-refractivity contribution in [3.8, 4) is 11.3 Å². The van der Waals surface area contributed by atoms with Crippen molar-refractivity contribution in [1.29, 1.82) is 5.41 Å². The van der Waals surface area contributed by atoms with Crippen LogP contribution in [0.1, 0.15) is 4.88 Å². The largest absolute Gasteiger partial charge is 0.426 e. The van der Waals surface area contributed by atoms with E-state index < -0.39 is 0 Å². The van der Waals surface area contributed by atoms with Gasteiger partial charge in [0.2, 0.25) is 4.80 Å². The molecular weight excluding hydrogens is 196 g/mol. The highest BCUT2D eigenvalue weighted by Crippen LogP contribution is 2.23. The van der Waals surface area contributed by atoms with Crippen LogP contribution < -0.4 is 4.80 Å². The summed E-state index contributed by atoms with van der Waals surface area (Å²) < 4.78 is 0.926. The maximum absolute atomic E-state index is 9.61. The average molecular weight is 206 g/mol. The second-order valence-corrected chi connectivity index (χ2v) is 4.19. The Balaban J connectivity index is 2.69. The summed E-state index contributed by atoms with van der Waals surface area (Å²) in [6.45, 7) is 1.90. The first-order chi connectivity index (χ1) is 6.70. The van der Waals surface area contributed by atoms with E-state index in [9.17, 15) is 5.21 Å². The predicted molar refractivity (Wildman–Crippen MR) is 55.5 cm³/mol. The van der Waals surface area contributed by atoms with Crippen LogP contribution in [0.2, 0.25) is 0 Å². The van der Waals surface area contributed by atoms with Gasteiger partial charge in [-0.25, -0.2) is 0 Å². The molecule has 0 fully saturated rings. The Morgan fingerprint density at radius 1 is 1.29 bits per heavy atom. The fourth-order valence-corrected chi connectivity index (χ4v) is 2.18. The van der Waals surface area contributed by atoms with Gasteiger partial charge in [-0.2, -0.15) is 4.73 Å². The average Bonchev–Trinajstić information content (AvgIpc) is 2.43. The molecular formula is C10H10N2OS. The van der Waals surface area contributed by atoms with Gasteiger partial charge >= 0.3 is 0 Å². The van der Waals surface area contributed by atoms with Gasteiger partial charge in [-0.3, -0.25) is 5.41 Å². The summed E-state index contributed by atoms with van der Waals surface area (Å²) in [7, 11) is 0. The summed E-state index contributed by atoms with van der Waals surface area (Å²) in [5.41, 5.74) is 1.64. The quantitative estimate of drug-likeness (QED) is 0.691. The van der Waals surface area contributed by atoms with Crippen molar-refractivity contribution in [3.63, 3.8) is 0 Å². The van der Waals surface area contributed by atoms with Crippen LogP contribution in [0.4, 0.5) is 0 Å². The number of hydrogen-bond donors (Lipinski definition) is 2. The molecule has 0 saturated carbocycles. The Morgan fingerprint density at radius 3 is 2.43 bits per heavy atom. The smallest absolute Gasteiger partial charge is 0.216 e. The number of nitrogens with zero attached hydrogens (tertiary/aromatic N) is 1. The molecule has 72 valence electrons. The van der Waals surface area contributed by atoms with Gasteiger partial charge in [-0.1, -0.05) is 41.7 Å². The van der Waals surface area contributed by atoms with Gasteiger partial charge in [0.15, 0.2) is 0 Å². The van der Waals surface area contributed by atoms with Crippen molar-refractivity contribution in [2.24, 2.45) is 0 Å². The molecule has 14 heavy (non-hydrogen) atoms. The zero-order valence-corrected chi connectivity index (χ0v) is 8.51. The maximum Gasteiger partial charge on any atom is 0.216 e. The Labute approximate surface area is 85.4 Å². The third-order valence-electron chi connectivity index (χ3n) is 2.03. The zero-order chi connectivity index (χ0) is 10.1. The van der Waals surface area contributed by atoms with Crippen molar-refractivity contribution >= 4 is 11.3 Å². The fourth-order valence-electron chi connectivity index (χ4n) is 1.41. The lowest BCUT2D eigenvalue weighted by molar-refractivity contribution is 0.181. The van der Waals surface area contributed by atoms with E-state index >= 15 is 0 Å². The van der Waals surface area contributed by atoms with Gasteiger partial charge in [0, 0.05) is 10.4 Å². The van der Waals surface area contributed by atoms with Crippen LogP contribution in [0.5, 0.6) is 0 Å². The second-order valence-electron chi connectivity index (χ2n) is 2.99. The SMILES string of the molecule is Cc1sc(=N)n(O)c1-c1ccccc1. The van der Waals surface area contributed by atoms with Crippen LogP contribution in [0.3, 0.4) is 0 Å². The summed E-state index contributed by atoms with van der Waals surface area (Å²) in [6, 6.07) is 9.59. The van der Waals surface area contributed by atoms with Crippen LogP contribution in [0, 0.1) is 12.3 Å². The van der Waals surface area contributed by atoms with E-state index in [1.54, 1.807) is 0 Å². The Hall–Kier alpha value is -1.55. The highest BCUT2D eigenvalue weighted by Gasteiger charge is 2.10. The molecule has 0 unspecified atom stereocenters. The molecule has 2 aromatic rings. The number of benzene rings is 1. The molecule has 1 heterocycles. The first-order valence-electron chi connectivity index (χ1n) is 4.22. The Kier molecular flexibility index (Phi) is 2.13. The molecule has 2 rings (SSSR count). The molecule has 0 saturated heterocycles. The topological polar surface area (TPSA) is 49.0 Å². The minimum atomic E-state index is 0.154. The number of aromatic nitrogens is 1. The van der Waals surface area contributed by atoms with Crippen molar-refractivity contribution in [3.05, 3.63) is 40.0 Å². The lowest BCUT2D eigenvalue weighted by Gasteiger charge is -2.01. The van der Waals surface area contributed by atoms with Gasteiger partial charge in [0.1, 0.15) is 5.69 Å². The predicted octanol–water partition coefficient (Wildman–Crippen LogP) is 2.24. The van der Waals surface area contributed by atoms with Gasteiger partial charge in [-0.05, 0) is 6.92 Å². The number of hydrogen-bond acceptors (Lipinski definition) is 3. The van der Waals surface area contributed by atoms with Gasteiger partial charge < -0.3 is 5.21 Å². The highest BCUT2D eigenvalue weighted by molar-refractivity contribution is 7.09. The number of nitrogens with one attached hydrogen (secondary N) is 1. The summed E-state index contributed by atoms with van der Waals surface area (Å²) >= 11 is 1.27. The minimum absolute atomic E-state index is 0.154. The lowest BCUT2D eigenvalue weighted by Crippen LogP contribution is -2.10. The lowest BCUT2D eigenvalue weighted by atomic mass is 10.1. The molecule has 0 atom stereocenters. The van der Waals surface area contributed by atoms with Crippen molar-refractivity contribution < 1.29 is 5.21 Å². The number of thiazole rings is 1. The van der Waals surface area contributed by atoms with Crippen molar-refractivity contribution in [2.45, 2.75) is 6.92 Å². The summed E-state index contributed by atoms with van der Waals surface area (Å²) in [5, 5.41) is 17.1. The van der Waals surface area contributed by atoms with Gasteiger partial charge in [-0.15, -0.1) is 0 Å². The number of aryl methyl sites for hydroxylation is 1. The molecule has 2 N–H and O–H groups in total. The van der Waals surface area contributed by atoms with Crippen LogP contribution in [0.15, 0.2) is 30.3 Å². The van der Waals surface area contributed by atoms with Gasteiger partial charge in [0.05, 0.1) is 0 Å². The van der Waals surface area contributed by atoms with Crippen molar-refractivity contribution in [2.75, 3.05) is 0 Å². The van der Waals surface area contributed by atoms with E-state index in [-0.39, 0.29) is 4.80 Å². The second kappa shape index (κ2) is 3.31. The molecule has 4 heteroatoms. The van der Waals surface area contributed by atoms with Crippen molar-refractivity contribution in [1.82, 2.24) is 4.73 Å². The fraction of sp³-hybridized carbons (Fsp3) is 0.100. The number of rotatable bonds is 1. The molecule has 0 bridgehead atoms. The minimum Gasteiger partial charge on any atom is -0.426 e. The standard InChI is InChI=1S/C10H10N2OS/c1-7-9(12(13)10(11)14-7)8-5-3-2-4-6-8/h2-6,11,13H,1H3. The van der Waals surface area contributed by atoms with Crippen LogP contribution in [-0.4, -0.2) is 9.94 Å². The molecule has 0 spiro atoms. The molecule has 0 amide bonds. The molecule has 0 radical (unpaired) electrons. The van der Waals surface area contributed by atoms with E-state index in [1.807, 2.05) is 37.3 Å². The van der Waals surface area contributed by atoms with Gasteiger partial charge in [0.25, 0.3) is 0 Å². The Morgan fingerprint density at radius 2 is 1.93 bits per heavy atom. The monoisotopic (exact) mass is 206 g/mol. The third kappa shape index (κ3) is 1.33. The molecule has 0 aliphatic rings. The normalized spacial score (nSPS) is 10.4. The molecule has 1 aromatic carbocycles. The van der Waals surface area contributed by atoms with Crippen LogP contribution in [-0.2, 0) is 0 Å². The summed E-state index contributed by atoms with van der Waals surface area (Å²) in [4.78, 5) is 1.10. The molecule has 0 aliphatic heterocycles. The van der Waals surface area contributed by atoms with Crippen LogP contribution in [0.25, 0.3) is 11.3 Å². The maximum atomic E-state index is 9.61.